The molecule has 0 radical (unpaired) electrons. The Hall–Kier alpha value is -1.06. The van der Waals surface area contributed by atoms with Crippen LogP contribution in [0.15, 0.2) is 0 Å². The first-order chi connectivity index (χ1) is 8.59. The van der Waals surface area contributed by atoms with Crippen LogP contribution in [0.1, 0.15) is 51.9 Å². The minimum absolute atomic E-state index is 0.180. The largest absolute Gasteiger partial charge is 0.481 e. The van der Waals surface area contributed by atoms with Crippen LogP contribution in [0, 0.1) is 11.3 Å². The zero-order valence-electron chi connectivity index (χ0n) is 11.2. The normalized spacial score (nSPS) is 27.2. The van der Waals surface area contributed by atoms with E-state index in [4.69, 9.17) is 5.11 Å². The average molecular weight is 253 g/mol. The summed E-state index contributed by atoms with van der Waals surface area (Å²) in [4.78, 5) is 25.5. The lowest BCUT2D eigenvalue weighted by molar-refractivity contribution is -0.149. The number of piperidine rings is 1. The Morgan fingerprint density at radius 2 is 1.94 bits per heavy atom. The highest BCUT2D eigenvalue weighted by molar-refractivity contribution is 5.84. The molecule has 2 aliphatic rings. The average Bonchev–Trinajstić information content (AvgIpc) is 2.88. The Labute approximate surface area is 108 Å². The molecule has 1 heterocycles. The van der Waals surface area contributed by atoms with Crippen molar-refractivity contribution in [1.29, 1.82) is 0 Å². The smallest absolute Gasteiger partial charge is 0.308 e. The molecule has 1 aliphatic heterocycles. The summed E-state index contributed by atoms with van der Waals surface area (Å²) in [5.41, 5.74) is -0.180. The van der Waals surface area contributed by atoms with Crippen LogP contribution in [-0.2, 0) is 9.59 Å². The fourth-order valence-electron chi connectivity index (χ4n) is 3.47. The van der Waals surface area contributed by atoms with Gasteiger partial charge in [-0.15, -0.1) is 0 Å². The van der Waals surface area contributed by atoms with Gasteiger partial charge in [0.25, 0.3) is 0 Å². The Morgan fingerprint density at radius 1 is 1.28 bits per heavy atom. The number of hydrogen-bond donors (Lipinski definition) is 1. The van der Waals surface area contributed by atoms with Crippen LogP contribution in [0.5, 0.6) is 0 Å². The summed E-state index contributed by atoms with van der Waals surface area (Å²) in [6.07, 6.45) is 6.65. The Morgan fingerprint density at radius 3 is 2.50 bits per heavy atom. The van der Waals surface area contributed by atoms with E-state index in [2.05, 4.69) is 6.92 Å². The fraction of sp³-hybridized carbons (Fsp3) is 0.857. The first-order valence-electron chi connectivity index (χ1n) is 7.11. The molecule has 1 saturated heterocycles. The van der Waals surface area contributed by atoms with Gasteiger partial charge in [0.05, 0.1) is 5.92 Å². The van der Waals surface area contributed by atoms with Crippen molar-refractivity contribution in [3.63, 3.8) is 0 Å². The standard InChI is InChI=1S/C14H23NO3/c1-2-14(7-3-4-8-14)13(18)15-9-5-6-11(10-15)12(16)17/h11H,2-10H2,1H3,(H,16,17). The zero-order chi connectivity index (χ0) is 13.2. The molecule has 2 rings (SSSR count). The molecule has 18 heavy (non-hydrogen) atoms. The van der Waals surface area contributed by atoms with Gasteiger partial charge in [-0.25, -0.2) is 0 Å². The number of amides is 1. The summed E-state index contributed by atoms with van der Waals surface area (Å²) in [7, 11) is 0. The van der Waals surface area contributed by atoms with Gasteiger partial charge in [0.15, 0.2) is 0 Å². The zero-order valence-corrected chi connectivity index (χ0v) is 11.2. The maximum Gasteiger partial charge on any atom is 0.308 e. The monoisotopic (exact) mass is 253 g/mol. The molecule has 2 fully saturated rings. The van der Waals surface area contributed by atoms with Crippen molar-refractivity contribution >= 4 is 11.9 Å². The molecule has 0 aromatic heterocycles. The Kier molecular flexibility index (Phi) is 3.93. The molecule has 4 nitrogen and oxygen atoms in total. The number of aliphatic carboxylic acids is 1. The molecule has 1 saturated carbocycles. The van der Waals surface area contributed by atoms with Gasteiger partial charge in [0, 0.05) is 18.5 Å². The third-order valence-electron chi connectivity index (χ3n) is 4.75. The van der Waals surface area contributed by atoms with Crippen LogP contribution >= 0.6 is 0 Å². The van der Waals surface area contributed by atoms with Crippen molar-refractivity contribution < 1.29 is 14.7 Å². The summed E-state index contributed by atoms with van der Waals surface area (Å²) < 4.78 is 0. The minimum Gasteiger partial charge on any atom is -0.481 e. The summed E-state index contributed by atoms with van der Waals surface area (Å²) in [5.74, 6) is -0.907. The fourth-order valence-corrected chi connectivity index (χ4v) is 3.47. The van der Waals surface area contributed by atoms with E-state index >= 15 is 0 Å². The molecule has 1 aliphatic carbocycles. The molecule has 1 amide bonds. The molecular weight excluding hydrogens is 230 g/mol. The van der Waals surface area contributed by atoms with Gasteiger partial charge in [0.2, 0.25) is 5.91 Å². The first-order valence-corrected chi connectivity index (χ1v) is 7.11. The van der Waals surface area contributed by atoms with Gasteiger partial charge in [-0.05, 0) is 32.1 Å². The lowest BCUT2D eigenvalue weighted by Gasteiger charge is -2.37. The highest BCUT2D eigenvalue weighted by atomic mass is 16.4. The Balaban J connectivity index is 2.06. The molecule has 0 aromatic rings. The maximum absolute atomic E-state index is 12.7. The summed E-state index contributed by atoms with van der Waals surface area (Å²) in [5, 5.41) is 9.09. The third kappa shape index (κ3) is 2.38. The van der Waals surface area contributed by atoms with Gasteiger partial charge < -0.3 is 10.0 Å². The van der Waals surface area contributed by atoms with Crippen LogP contribution in [-0.4, -0.2) is 35.0 Å². The number of rotatable bonds is 3. The van der Waals surface area contributed by atoms with E-state index in [9.17, 15) is 9.59 Å². The van der Waals surface area contributed by atoms with Crippen molar-refractivity contribution in [2.45, 2.75) is 51.9 Å². The van der Waals surface area contributed by atoms with Crippen LogP contribution in [0.2, 0.25) is 0 Å². The summed E-state index contributed by atoms with van der Waals surface area (Å²) in [6.45, 7) is 3.24. The molecule has 4 heteroatoms. The lowest BCUT2D eigenvalue weighted by atomic mass is 9.81. The van der Waals surface area contributed by atoms with Crippen LogP contribution in [0.4, 0.5) is 0 Å². The second-order valence-electron chi connectivity index (χ2n) is 5.77. The third-order valence-corrected chi connectivity index (χ3v) is 4.75. The van der Waals surface area contributed by atoms with Crippen LogP contribution in [0.3, 0.4) is 0 Å². The summed E-state index contributed by atoms with van der Waals surface area (Å²) >= 11 is 0. The number of hydrogen-bond acceptors (Lipinski definition) is 2. The van der Waals surface area contributed by atoms with Crippen LogP contribution in [0.25, 0.3) is 0 Å². The molecule has 102 valence electrons. The first kappa shape index (κ1) is 13.4. The minimum atomic E-state index is -0.760. The molecular formula is C14H23NO3. The van der Waals surface area contributed by atoms with Gasteiger partial charge in [-0.1, -0.05) is 19.8 Å². The van der Waals surface area contributed by atoms with Gasteiger partial charge >= 0.3 is 5.97 Å². The van der Waals surface area contributed by atoms with E-state index in [1.165, 1.54) is 0 Å². The lowest BCUT2D eigenvalue weighted by Crippen LogP contribution is -2.48. The predicted molar refractivity (Wildman–Crippen MR) is 68.1 cm³/mol. The van der Waals surface area contributed by atoms with Gasteiger partial charge in [0.1, 0.15) is 0 Å². The van der Waals surface area contributed by atoms with Crippen molar-refractivity contribution in [1.82, 2.24) is 4.90 Å². The van der Waals surface area contributed by atoms with Crippen molar-refractivity contribution in [2.24, 2.45) is 11.3 Å². The van der Waals surface area contributed by atoms with Crippen molar-refractivity contribution in [2.75, 3.05) is 13.1 Å². The molecule has 0 aromatic carbocycles. The topological polar surface area (TPSA) is 57.6 Å². The number of carbonyl (C=O) groups is 2. The second kappa shape index (κ2) is 5.29. The van der Waals surface area contributed by atoms with Crippen molar-refractivity contribution in [3.05, 3.63) is 0 Å². The Bertz CT molecular complexity index is 334. The van der Waals surface area contributed by atoms with Crippen molar-refractivity contribution in [3.8, 4) is 0 Å². The molecule has 1 atom stereocenters. The number of carboxylic acid groups (broad SMARTS) is 1. The van der Waals surface area contributed by atoms with E-state index in [0.717, 1.165) is 45.1 Å². The molecule has 0 spiro atoms. The van der Waals surface area contributed by atoms with E-state index in [1.54, 1.807) is 0 Å². The number of nitrogens with zero attached hydrogens (tertiary/aromatic N) is 1. The maximum atomic E-state index is 12.7. The highest BCUT2D eigenvalue weighted by Crippen LogP contribution is 2.43. The van der Waals surface area contributed by atoms with Gasteiger partial charge in [-0.3, -0.25) is 9.59 Å². The predicted octanol–water partition coefficient (Wildman–Crippen LogP) is 2.28. The second-order valence-corrected chi connectivity index (χ2v) is 5.77. The summed E-state index contributed by atoms with van der Waals surface area (Å²) in [6, 6.07) is 0. The molecule has 1 N–H and O–H groups in total. The number of carboxylic acids is 1. The highest BCUT2D eigenvalue weighted by Gasteiger charge is 2.43. The van der Waals surface area contributed by atoms with E-state index in [0.29, 0.717) is 13.0 Å². The molecule has 0 bridgehead atoms. The van der Waals surface area contributed by atoms with Gasteiger partial charge in [-0.2, -0.15) is 0 Å². The van der Waals surface area contributed by atoms with E-state index in [1.807, 2.05) is 4.90 Å². The van der Waals surface area contributed by atoms with E-state index in [-0.39, 0.29) is 17.2 Å². The quantitative estimate of drug-likeness (QED) is 0.839. The molecule has 1 unspecified atom stereocenters. The number of carbonyl (C=O) groups excluding carboxylic acids is 1. The SMILES string of the molecule is CCC1(C(=O)N2CCCC(C(=O)O)C2)CCCC1. The number of likely N-dealkylation sites (tertiary alicyclic amines) is 1. The van der Waals surface area contributed by atoms with Crippen LogP contribution < -0.4 is 0 Å². The van der Waals surface area contributed by atoms with E-state index < -0.39 is 5.97 Å².